The molecule has 0 saturated carbocycles. The van der Waals surface area contributed by atoms with E-state index in [1.165, 1.54) is 8.73 Å². The molecule has 0 aromatic carbocycles. The van der Waals surface area contributed by atoms with Gasteiger partial charge in [-0.2, -0.15) is 0 Å². The molecule has 0 aromatic heterocycles. The van der Waals surface area contributed by atoms with Crippen molar-refractivity contribution in [3.05, 3.63) is 0 Å². The Morgan fingerprint density at radius 2 is 1.25 bits per heavy atom. The molecule has 0 aliphatic rings. The van der Waals surface area contributed by atoms with Gasteiger partial charge in [-0.1, -0.05) is 0 Å². The van der Waals surface area contributed by atoms with Crippen LogP contribution in [0.1, 0.15) is 0 Å². The summed E-state index contributed by atoms with van der Waals surface area (Å²) in [6.07, 6.45) is 0. The van der Waals surface area contributed by atoms with Crippen molar-refractivity contribution in [1.29, 1.82) is 0 Å². The summed E-state index contributed by atoms with van der Waals surface area (Å²) in [5, 5.41) is 0. The van der Waals surface area contributed by atoms with Gasteiger partial charge >= 0.3 is 54.8 Å². The minimum absolute atomic E-state index is 1.39. The first-order chi connectivity index (χ1) is 1.91. The van der Waals surface area contributed by atoms with E-state index < -0.39 is 0 Å². The van der Waals surface area contributed by atoms with Gasteiger partial charge in [-0.15, -0.1) is 0 Å². The molecule has 0 spiro atoms. The van der Waals surface area contributed by atoms with Crippen LogP contribution in [0.5, 0.6) is 0 Å². The molecule has 0 unspecified atom stereocenters. The second kappa shape index (κ2) is 4.64. The van der Waals surface area contributed by atoms with Gasteiger partial charge in [-0.05, 0) is 0 Å². The van der Waals surface area contributed by atoms with E-state index in [4.69, 9.17) is 0 Å². The summed E-state index contributed by atoms with van der Waals surface area (Å²) in [5.41, 5.74) is 0. The normalized spacial score (nSPS) is 7.50. The molecule has 4 heavy (non-hydrogen) atoms. The van der Waals surface area contributed by atoms with Crippen molar-refractivity contribution in [2.75, 3.05) is 0 Å². The number of rotatable bonds is 1. The summed E-state index contributed by atoms with van der Waals surface area (Å²) in [4.78, 5) is 0. The molecule has 0 amide bonds. The summed E-state index contributed by atoms with van der Waals surface area (Å²) in [6, 6.07) is 0. The zero-order valence-electron chi connectivity index (χ0n) is 2.31. The fourth-order valence-electron chi connectivity index (χ4n) is 0. The molecule has 0 aromatic rings. The fraction of sp³-hybridized carbons (Fsp3) is 1.00. The Labute approximate surface area is 54.3 Å². The summed E-state index contributed by atoms with van der Waals surface area (Å²) in [6.45, 7) is 0. The van der Waals surface area contributed by atoms with Gasteiger partial charge in [0, 0.05) is 0 Å². The van der Waals surface area contributed by atoms with Gasteiger partial charge in [-0.3, -0.25) is 0 Å². The maximum absolute atomic E-state index is 1.91. The fourth-order valence-corrected chi connectivity index (χ4v) is 0. The molecule has 0 saturated heterocycles. The Kier molecular flexibility index (Phi) is 6.53. The van der Waals surface area contributed by atoms with Crippen molar-refractivity contribution < 1.29 is 0 Å². The maximum atomic E-state index is 1.91. The Morgan fingerprint density at radius 3 is 1.25 bits per heavy atom. The van der Waals surface area contributed by atoms with Crippen LogP contribution in [0.2, 0.25) is 8.73 Å². The van der Waals surface area contributed by atoms with Gasteiger partial charge in [0.25, 0.3) is 0 Å². The van der Waals surface area contributed by atoms with E-state index in [0.717, 1.165) is 0 Å². The topological polar surface area (TPSA) is 0 Å². The third-order valence-electron chi connectivity index (χ3n) is 0.1000. The predicted molar refractivity (Wildman–Crippen MR) is 21.1 cm³/mol. The Hall–Kier alpha value is 1.64. The monoisotopic (exact) mass is 270 g/mol. The Balaban J connectivity index is 1.97. The molecule has 2 heteroatoms. The SMILES string of the molecule is [Sb][CH2][CH2][Sb]. The minimum atomic E-state index is 1.39. The van der Waals surface area contributed by atoms with Gasteiger partial charge in [0.2, 0.25) is 0 Å². The molecule has 0 heterocycles. The van der Waals surface area contributed by atoms with Crippen molar-refractivity contribution in [3.63, 3.8) is 0 Å². The summed E-state index contributed by atoms with van der Waals surface area (Å²) in [7, 11) is 0. The predicted octanol–water partition coefficient (Wildman–Crippen LogP) is 0.160. The van der Waals surface area contributed by atoms with Gasteiger partial charge in [0.05, 0.1) is 0 Å². The van der Waals surface area contributed by atoms with Crippen molar-refractivity contribution in [3.8, 4) is 0 Å². The van der Waals surface area contributed by atoms with Crippen LogP contribution in [0.15, 0.2) is 0 Å². The second-order valence-corrected chi connectivity index (χ2v) is 3.00. The van der Waals surface area contributed by atoms with Crippen molar-refractivity contribution in [2.24, 2.45) is 0 Å². The van der Waals surface area contributed by atoms with Gasteiger partial charge in [-0.25, -0.2) is 0 Å². The molecule has 0 bridgehead atoms. The van der Waals surface area contributed by atoms with E-state index in [9.17, 15) is 0 Å². The van der Waals surface area contributed by atoms with Crippen LogP contribution in [0.3, 0.4) is 0 Å². The van der Waals surface area contributed by atoms with E-state index in [-0.39, 0.29) is 0 Å². The first-order valence-corrected chi connectivity index (χ1v) is 4.74. The summed E-state index contributed by atoms with van der Waals surface area (Å²) < 4.78 is 2.78. The third-order valence-corrected chi connectivity index (χ3v) is 4.50. The molecular formula is C2H4Sb2. The average Bonchev–Trinajstić information content (AvgIpc) is 1.37. The van der Waals surface area contributed by atoms with Crippen LogP contribution < -0.4 is 0 Å². The standard InChI is InChI=1S/C2H4.2Sb/c1-2;;/h1-2H2;;. The van der Waals surface area contributed by atoms with Crippen LogP contribution in [-0.4, -0.2) is 46.0 Å². The molecule has 0 atom stereocenters. The number of hydrogen-bond acceptors (Lipinski definition) is 0. The number of hydrogen-bond donors (Lipinski definition) is 0. The first-order valence-electron chi connectivity index (χ1n) is 1.13. The molecule has 22 valence electrons. The van der Waals surface area contributed by atoms with Crippen LogP contribution in [0, 0.1) is 0 Å². The van der Waals surface area contributed by atoms with Crippen molar-refractivity contribution in [1.82, 2.24) is 0 Å². The van der Waals surface area contributed by atoms with E-state index >= 15 is 0 Å². The molecule has 0 aliphatic heterocycles. The zero-order valence-corrected chi connectivity index (χ0v) is 7.41. The molecule has 0 nitrogen and oxygen atoms in total. The Morgan fingerprint density at radius 1 is 1.00 bits per heavy atom. The molecule has 0 N–H and O–H groups in total. The summed E-state index contributed by atoms with van der Waals surface area (Å²) in [5.74, 6) is 0. The van der Waals surface area contributed by atoms with Crippen LogP contribution >= 0.6 is 0 Å². The van der Waals surface area contributed by atoms with Crippen molar-refractivity contribution in [2.45, 2.75) is 8.73 Å². The second-order valence-electron chi connectivity index (χ2n) is 0.447. The first kappa shape index (κ1) is 5.64. The van der Waals surface area contributed by atoms with Gasteiger partial charge < -0.3 is 0 Å². The summed E-state index contributed by atoms with van der Waals surface area (Å²) >= 11 is 3.82. The zero-order chi connectivity index (χ0) is 3.41. The van der Waals surface area contributed by atoms with E-state index in [2.05, 4.69) is 0 Å². The third kappa shape index (κ3) is 3.64. The Bertz CT molecular complexity index is 6.00. The molecular weight excluding hydrogens is 268 g/mol. The molecule has 0 fully saturated rings. The van der Waals surface area contributed by atoms with Crippen LogP contribution in [0.4, 0.5) is 0 Å². The van der Waals surface area contributed by atoms with E-state index in [1.807, 2.05) is 46.0 Å². The van der Waals surface area contributed by atoms with E-state index in [1.54, 1.807) is 0 Å². The van der Waals surface area contributed by atoms with Crippen molar-refractivity contribution >= 4 is 46.0 Å². The van der Waals surface area contributed by atoms with Gasteiger partial charge in [0.15, 0.2) is 0 Å². The average molecular weight is 272 g/mol. The molecule has 4 radical (unpaired) electrons. The van der Waals surface area contributed by atoms with Crippen LogP contribution in [0.25, 0.3) is 0 Å². The quantitative estimate of drug-likeness (QED) is 0.596. The van der Waals surface area contributed by atoms with Gasteiger partial charge in [0.1, 0.15) is 0 Å². The molecule has 0 aliphatic carbocycles. The van der Waals surface area contributed by atoms with E-state index in [0.29, 0.717) is 0 Å². The molecule has 0 rings (SSSR count). The van der Waals surface area contributed by atoms with Crippen LogP contribution in [-0.2, 0) is 0 Å².